The highest BCUT2D eigenvalue weighted by Crippen LogP contribution is 2.36. The highest BCUT2D eigenvalue weighted by atomic mass is 79.9. The Morgan fingerprint density at radius 2 is 2.09 bits per heavy atom. The molecule has 14 heteroatoms. The maximum absolute atomic E-state index is 15.2. The molecule has 1 saturated heterocycles. The molecule has 2 heterocycles. The second-order valence-corrected chi connectivity index (χ2v) is 11.3. The van der Waals surface area contributed by atoms with Gasteiger partial charge in [0.2, 0.25) is 0 Å². The number of carboxylic acid groups (broad SMARTS) is 1. The molecule has 186 valence electrons. The third-order valence-electron chi connectivity index (χ3n) is 5.43. The van der Waals surface area contributed by atoms with E-state index >= 15 is 8.78 Å². The summed E-state index contributed by atoms with van der Waals surface area (Å²) >= 11 is 10.3. The van der Waals surface area contributed by atoms with Crippen molar-refractivity contribution in [2.75, 3.05) is 22.7 Å². The van der Waals surface area contributed by atoms with E-state index in [-0.39, 0.29) is 21.0 Å². The number of anilines is 2. The van der Waals surface area contributed by atoms with Crippen molar-refractivity contribution in [2.45, 2.75) is 24.4 Å². The van der Waals surface area contributed by atoms with Gasteiger partial charge in [-0.05, 0) is 58.7 Å². The standard InChI is InChI=1S/C21H18BrClF2N4O4S2/c22-18-16(26-8-13-12(3-1-4-14(13)23)9-28-5-2-6-28)7-15(24)20(19(18)25)35(32,33)29(21(30)31)17-10-34-11-27-17/h1,3-4,7,10-11,26H,2,5-6,8-9H2,(H,30,31). The van der Waals surface area contributed by atoms with Crippen molar-refractivity contribution >= 4 is 66.5 Å². The van der Waals surface area contributed by atoms with E-state index in [4.69, 9.17) is 11.6 Å². The zero-order valence-electron chi connectivity index (χ0n) is 17.8. The summed E-state index contributed by atoms with van der Waals surface area (Å²) in [7, 11) is -5.17. The minimum Gasteiger partial charge on any atom is -0.464 e. The van der Waals surface area contributed by atoms with Gasteiger partial charge in [-0.1, -0.05) is 23.7 Å². The molecule has 3 aromatic rings. The molecule has 0 saturated carbocycles. The van der Waals surface area contributed by atoms with Crippen LogP contribution in [0.2, 0.25) is 5.02 Å². The summed E-state index contributed by atoms with van der Waals surface area (Å²) in [5.41, 5.74) is 2.83. The fraction of sp³-hybridized carbons (Fsp3) is 0.238. The van der Waals surface area contributed by atoms with Crippen LogP contribution in [0.15, 0.2) is 44.5 Å². The van der Waals surface area contributed by atoms with Crippen LogP contribution < -0.4 is 9.62 Å². The number of benzene rings is 2. The fourth-order valence-electron chi connectivity index (χ4n) is 3.58. The number of amides is 1. The van der Waals surface area contributed by atoms with Gasteiger partial charge in [-0.2, -0.15) is 0 Å². The molecule has 1 aliphatic rings. The van der Waals surface area contributed by atoms with Crippen LogP contribution in [0.5, 0.6) is 0 Å². The number of thiazole rings is 1. The molecule has 35 heavy (non-hydrogen) atoms. The number of halogens is 4. The highest BCUT2D eigenvalue weighted by molar-refractivity contribution is 9.10. The van der Waals surface area contributed by atoms with Gasteiger partial charge in [-0.15, -0.1) is 15.6 Å². The van der Waals surface area contributed by atoms with Gasteiger partial charge in [0.25, 0.3) is 10.0 Å². The van der Waals surface area contributed by atoms with Crippen molar-refractivity contribution in [1.29, 1.82) is 0 Å². The van der Waals surface area contributed by atoms with Gasteiger partial charge in [-0.25, -0.2) is 27.0 Å². The maximum Gasteiger partial charge on any atom is 0.427 e. The van der Waals surface area contributed by atoms with Gasteiger partial charge in [0.1, 0.15) is 5.82 Å². The molecule has 0 spiro atoms. The number of hydrogen-bond donors (Lipinski definition) is 2. The van der Waals surface area contributed by atoms with E-state index in [1.807, 2.05) is 12.1 Å². The Kier molecular flexibility index (Phi) is 7.62. The molecule has 1 amide bonds. The van der Waals surface area contributed by atoms with Crippen LogP contribution in [0.1, 0.15) is 17.5 Å². The van der Waals surface area contributed by atoms with E-state index in [9.17, 15) is 18.3 Å². The van der Waals surface area contributed by atoms with Crippen LogP contribution in [0.25, 0.3) is 0 Å². The van der Waals surface area contributed by atoms with Crippen molar-refractivity contribution in [1.82, 2.24) is 9.88 Å². The van der Waals surface area contributed by atoms with Crippen LogP contribution in [0, 0.1) is 11.6 Å². The minimum absolute atomic E-state index is 0.0655. The van der Waals surface area contributed by atoms with Crippen molar-refractivity contribution in [2.24, 2.45) is 0 Å². The Hall–Kier alpha value is -2.32. The number of nitrogens with one attached hydrogen (secondary N) is 1. The third-order valence-corrected chi connectivity index (χ3v) is 8.85. The number of rotatable bonds is 8. The summed E-state index contributed by atoms with van der Waals surface area (Å²) < 4.78 is 55.6. The number of carbonyl (C=O) groups is 1. The molecule has 2 aromatic carbocycles. The van der Waals surface area contributed by atoms with Crippen LogP contribution in [-0.2, 0) is 23.1 Å². The minimum atomic E-state index is -5.17. The van der Waals surface area contributed by atoms with Crippen molar-refractivity contribution in [3.05, 3.63) is 67.4 Å². The van der Waals surface area contributed by atoms with Crippen molar-refractivity contribution in [3.8, 4) is 0 Å². The van der Waals surface area contributed by atoms with E-state index in [2.05, 4.69) is 31.1 Å². The lowest BCUT2D eigenvalue weighted by molar-refractivity contribution is 0.172. The predicted molar refractivity (Wildman–Crippen MR) is 133 cm³/mol. The fourth-order valence-corrected chi connectivity index (χ4v) is 6.38. The number of likely N-dealkylation sites (tertiary alicyclic amines) is 1. The monoisotopic (exact) mass is 606 g/mol. The quantitative estimate of drug-likeness (QED) is 0.325. The molecule has 0 atom stereocenters. The topological polar surface area (TPSA) is 103 Å². The second kappa shape index (κ2) is 10.3. The second-order valence-electron chi connectivity index (χ2n) is 7.62. The first-order chi connectivity index (χ1) is 16.6. The van der Waals surface area contributed by atoms with E-state index in [1.165, 1.54) is 5.51 Å². The predicted octanol–water partition coefficient (Wildman–Crippen LogP) is 5.53. The number of sulfonamides is 1. The first kappa shape index (κ1) is 25.8. The number of aromatic nitrogens is 1. The third kappa shape index (κ3) is 5.14. The molecule has 0 radical (unpaired) electrons. The zero-order chi connectivity index (χ0) is 25.3. The van der Waals surface area contributed by atoms with Crippen LogP contribution >= 0.6 is 38.9 Å². The summed E-state index contributed by atoms with van der Waals surface area (Å²) in [5.74, 6) is -3.43. The molecule has 1 fully saturated rings. The van der Waals surface area contributed by atoms with Gasteiger partial charge < -0.3 is 10.4 Å². The van der Waals surface area contributed by atoms with Crippen LogP contribution in [0.3, 0.4) is 0 Å². The average molecular weight is 608 g/mol. The van der Waals surface area contributed by atoms with Gasteiger partial charge in [0, 0.05) is 23.5 Å². The molecule has 1 aliphatic heterocycles. The summed E-state index contributed by atoms with van der Waals surface area (Å²) in [6, 6.07) is 6.24. The Labute approximate surface area is 217 Å². The summed E-state index contributed by atoms with van der Waals surface area (Å²) in [4.78, 5) is 16.1. The van der Waals surface area contributed by atoms with Gasteiger partial charge >= 0.3 is 6.09 Å². The number of nitrogens with zero attached hydrogens (tertiary/aromatic N) is 3. The molecular formula is C21H18BrClF2N4O4S2. The van der Waals surface area contributed by atoms with Crippen LogP contribution in [-0.4, -0.2) is 42.6 Å². The van der Waals surface area contributed by atoms with Gasteiger partial charge in [0.15, 0.2) is 16.5 Å². The molecule has 0 unspecified atom stereocenters. The number of hydrogen-bond acceptors (Lipinski definition) is 7. The highest BCUT2D eigenvalue weighted by Gasteiger charge is 2.38. The van der Waals surface area contributed by atoms with E-state index in [0.717, 1.165) is 53.4 Å². The summed E-state index contributed by atoms with van der Waals surface area (Å²) in [5, 5.41) is 13.9. The van der Waals surface area contributed by atoms with E-state index in [1.54, 1.807) is 6.07 Å². The first-order valence-corrected chi connectivity index (χ1v) is 13.7. The van der Waals surface area contributed by atoms with Crippen molar-refractivity contribution < 1.29 is 27.1 Å². The SMILES string of the molecule is O=C(O)N(c1cscn1)S(=O)(=O)c1c(F)cc(NCc2c(Cl)cccc2CN2CCC2)c(Br)c1F. The Balaban J connectivity index is 1.65. The van der Waals surface area contributed by atoms with E-state index < -0.39 is 38.5 Å². The maximum atomic E-state index is 15.2. The molecule has 8 nitrogen and oxygen atoms in total. The summed E-state index contributed by atoms with van der Waals surface area (Å²) in [6.45, 7) is 2.75. The zero-order valence-corrected chi connectivity index (χ0v) is 21.8. The Morgan fingerprint density at radius 3 is 2.69 bits per heavy atom. The van der Waals surface area contributed by atoms with Gasteiger partial charge in [0.05, 0.1) is 15.7 Å². The Bertz CT molecular complexity index is 1370. The Morgan fingerprint density at radius 1 is 1.34 bits per heavy atom. The van der Waals surface area contributed by atoms with Crippen LogP contribution in [0.4, 0.5) is 25.1 Å². The molecule has 0 bridgehead atoms. The molecule has 2 N–H and O–H groups in total. The van der Waals surface area contributed by atoms with Crippen molar-refractivity contribution in [3.63, 3.8) is 0 Å². The molecule has 1 aromatic heterocycles. The largest absolute Gasteiger partial charge is 0.464 e. The summed E-state index contributed by atoms with van der Waals surface area (Å²) in [6.07, 6.45) is -0.835. The molecule has 0 aliphatic carbocycles. The smallest absolute Gasteiger partial charge is 0.427 e. The van der Waals surface area contributed by atoms with E-state index in [0.29, 0.717) is 11.6 Å². The molecule has 4 rings (SSSR count). The first-order valence-electron chi connectivity index (χ1n) is 10.2. The van der Waals surface area contributed by atoms with Gasteiger partial charge in [-0.3, -0.25) is 4.90 Å². The molecular weight excluding hydrogens is 590 g/mol. The average Bonchev–Trinajstić information content (AvgIpc) is 3.26. The lowest BCUT2D eigenvalue weighted by atomic mass is 10.0. The normalized spacial score (nSPS) is 13.9. The lowest BCUT2D eigenvalue weighted by Gasteiger charge is -2.31. The lowest BCUT2D eigenvalue weighted by Crippen LogP contribution is -2.37.